The highest BCUT2D eigenvalue weighted by Crippen LogP contribution is 2.37. The Morgan fingerprint density at radius 3 is 2.89 bits per heavy atom. The van der Waals surface area contributed by atoms with E-state index in [4.69, 9.17) is 11.6 Å². The summed E-state index contributed by atoms with van der Waals surface area (Å²) < 4.78 is 25.2. The summed E-state index contributed by atoms with van der Waals surface area (Å²) in [7, 11) is -2.92. The van der Waals surface area contributed by atoms with Gasteiger partial charge in [0.05, 0.1) is 29.3 Å². The lowest BCUT2D eigenvalue weighted by Crippen LogP contribution is -2.47. The van der Waals surface area contributed by atoms with Gasteiger partial charge in [0.25, 0.3) is 0 Å². The molecule has 2 fully saturated rings. The van der Waals surface area contributed by atoms with E-state index >= 15 is 0 Å². The first kappa shape index (κ1) is 19.9. The van der Waals surface area contributed by atoms with Crippen molar-refractivity contribution in [2.75, 3.05) is 18.1 Å². The molecule has 3 atom stereocenters. The number of likely N-dealkylation sites (tertiary alicyclic amines) is 1. The molecule has 152 valence electrons. The van der Waals surface area contributed by atoms with Gasteiger partial charge in [-0.2, -0.15) is 5.10 Å². The van der Waals surface area contributed by atoms with E-state index in [-0.39, 0.29) is 23.6 Å². The van der Waals surface area contributed by atoms with Crippen LogP contribution in [0, 0.1) is 0 Å². The molecular weight excluding hydrogens is 398 g/mol. The standard InChI is InChI=1S/C20H26ClN3O3S/c1-15-10-20(25,17-3-2-4-18(21)9-17)6-7-23(15)12-16-11-22-24(13-16)19-5-8-28(26,27)14-19/h2-4,9,11,13,15,19,25H,5-8,10,12,14H2,1H3/t15-,19?,20+/m0/s1. The van der Waals surface area contributed by atoms with Gasteiger partial charge in [0.1, 0.15) is 0 Å². The average Bonchev–Trinajstić information content (AvgIpc) is 3.24. The maximum Gasteiger partial charge on any atom is 0.152 e. The van der Waals surface area contributed by atoms with E-state index in [1.54, 1.807) is 4.68 Å². The molecule has 6 nitrogen and oxygen atoms in total. The van der Waals surface area contributed by atoms with Crippen LogP contribution in [0.15, 0.2) is 36.7 Å². The van der Waals surface area contributed by atoms with Crippen LogP contribution in [0.2, 0.25) is 5.02 Å². The van der Waals surface area contributed by atoms with Gasteiger partial charge >= 0.3 is 0 Å². The molecule has 3 heterocycles. The topological polar surface area (TPSA) is 75.4 Å². The lowest BCUT2D eigenvalue weighted by molar-refractivity contribution is -0.0502. The van der Waals surface area contributed by atoms with E-state index in [0.29, 0.717) is 24.3 Å². The van der Waals surface area contributed by atoms with Gasteiger partial charge < -0.3 is 5.11 Å². The molecule has 0 bridgehead atoms. The molecule has 0 amide bonds. The number of benzene rings is 1. The summed E-state index contributed by atoms with van der Waals surface area (Å²) in [6.07, 6.45) is 5.72. The zero-order valence-corrected chi connectivity index (χ0v) is 17.5. The minimum atomic E-state index is -2.92. The highest BCUT2D eigenvalue weighted by molar-refractivity contribution is 7.91. The monoisotopic (exact) mass is 423 g/mol. The van der Waals surface area contributed by atoms with Crippen LogP contribution in [0.5, 0.6) is 0 Å². The zero-order valence-electron chi connectivity index (χ0n) is 16.0. The highest BCUT2D eigenvalue weighted by Gasteiger charge is 2.38. The molecule has 2 aromatic rings. The Kier molecular flexibility index (Phi) is 5.29. The quantitative estimate of drug-likeness (QED) is 0.818. The summed E-state index contributed by atoms with van der Waals surface area (Å²) >= 11 is 6.10. The molecule has 28 heavy (non-hydrogen) atoms. The second kappa shape index (κ2) is 7.44. The number of hydrogen-bond donors (Lipinski definition) is 1. The minimum absolute atomic E-state index is 0.0505. The van der Waals surface area contributed by atoms with Gasteiger partial charge in [-0.15, -0.1) is 0 Å². The third kappa shape index (κ3) is 4.13. The number of piperidine rings is 1. The van der Waals surface area contributed by atoms with Gasteiger partial charge in [-0.1, -0.05) is 23.7 Å². The van der Waals surface area contributed by atoms with Gasteiger partial charge in [0.15, 0.2) is 9.84 Å². The second-order valence-corrected chi connectivity index (χ2v) is 10.9. The molecule has 8 heteroatoms. The summed E-state index contributed by atoms with van der Waals surface area (Å²) in [5.41, 5.74) is 1.09. The predicted octanol–water partition coefficient (Wildman–Crippen LogP) is 2.77. The molecule has 1 unspecified atom stereocenters. The Bertz CT molecular complexity index is 961. The first-order chi connectivity index (χ1) is 13.2. The zero-order chi connectivity index (χ0) is 19.9. The van der Waals surface area contributed by atoms with Crippen molar-refractivity contribution < 1.29 is 13.5 Å². The van der Waals surface area contributed by atoms with Gasteiger partial charge in [-0.3, -0.25) is 9.58 Å². The van der Waals surface area contributed by atoms with Gasteiger partial charge in [-0.25, -0.2) is 8.42 Å². The molecule has 4 rings (SSSR count). The van der Waals surface area contributed by atoms with Gasteiger partial charge in [-0.05, 0) is 43.9 Å². The fourth-order valence-electron chi connectivity index (χ4n) is 4.42. The Balaban J connectivity index is 1.41. The van der Waals surface area contributed by atoms with E-state index in [1.165, 1.54) is 0 Å². The fourth-order valence-corrected chi connectivity index (χ4v) is 6.31. The summed E-state index contributed by atoms with van der Waals surface area (Å²) in [5.74, 6) is 0.430. The number of aliphatic hydroxyl groups is 1. The van der Waals surface area contributed by atoms with Crippen LogP contribution in [0.25, 0.3) is 0 Å². The molecule has 2 aliphatic heterocycles. The molecule has 0 radical (unpaired) electrons. The van der Waals surface area contributed by atoms with Crippen LogP contribution >= 0.6 is 11.6 Å². The Labute approximate surface area is 171 Å². The van der Waals surface area contributed by atoms with Crippen LogP contribution in [0.3, 0.4) is 0 Å². The smallest absolute Gasteiger partial charge is 0.152 e. The van der Waals surface area contributed by atoms with E-state index < -0.39 is 15.4 Å². The Morgan fingerprint density at radius 2 is 2.21 bits per heavy atom. The SMILES string of the molecule is C[C@H]1C[C@@](O)(c2cccc(Cl)c2)CCN1Cc1cnn(C2CCS(=O)(=O)C2)c1. The van der Waals surface area contributed by atoms with Crippen LogP contribution in [-0.4, -0.2) is 52.3 Å². The van der Waals surface area contributed by atoms with Crippen molar-refractivity contribution in [3.05, 3.63) is 52.8 Å². The highest BCUT2D eigenvalue weighted by atomic mass is 35.5. The van der Waals surface area contributed by atoms with Crippen molar-refractivity contribution in [2.45, 2.75) is 50.4 Å². The van der Waals surface area contributed by atoms with Crippen LogP contribution in [0.1, 0.15) is 43.4 Å². The van der Waals surface area contributed by atoms with Crippen LogP contribution in [-0.2, 0) is 22.0 Å². The van der Waals surface area contributed by atoms with Crippen molar-refractivity contribution in [3.63, 3.8) is 0 Å². The van der Waals surface area contributed by atoms with E-state index in [9.17, 15) is 13.5 Å². The largest absolute Gasteiger partial charge is 0.385 e. The molecule has 0 spiro atoms. The molecule has 2 aliphatic rings. The Morgan fingerprint density at radius 1 is 1.39 bits per heavy atom. The number of halogens is 1. The van der Waals surface area contributed by atoms with Crippen LogP contribution in [0.4, 0.5) is 0 Å². The fraction of sp³-hybridized carbons (Fsp3) is 0.550. The lowest BCUT2D eigenvalue weighted by atomic mass is 9.81. The van der Waals surface area contributed by atoms with Gasteiger partial charge in [0.2, 0.25) is 0 Å². The third-order valence-corrected chi connectivity index (χ3v) is 8.04. The van der Waals surface area contributed by atoms with E-state index in [2.05, 4.69) is 16.9 Å². The lowest BCUT2D eigenvalue weighted by Gasteiger charge is -2.43. The number of aromatic nitrogens is 2. The number of rotatable bonds is 4. The average molecular weight is 424 g/mol. The molecular formula is C20H26ClN3O3S. The van der Waals surface area contributed by atoms with Crippen molar-refractivity contribution in [2.24, 2.45) is 0 Å². The number of sulfone groups is 1. The minimum Gasteiger partial charge on any atom is -0.385 e. The molecule has 0 aliphatic carbocycles. The molecule has 2 saturated heterocycles. The van der Waals surface area contributed by atoms with Crippen molar-refractivity contribution in [1.82, 2.24) is 14.7 Å². The number of nitrogens with zero attached hydrogens (tertiary/aromatic N) is 3. The molecule has 1 aromatic heterocycles. The predicted molar refractivity (Wildman–Crippen MR) is 109 cm³/mol. The van der Waals surface area contributed by atoms with Crippen LogP contribution < -0.4 is 0 Å². The van der Waals surface area contributed by atoms with Crippen molar-refractivity contribution >= 4 is 21.4 Å². The maximum absolute atomic E-state index is 11.7. The molecule has 0 saturated carbocycles. The molecule has 1 N–H and O–H groups in total. The Hall–Kier alpha value is -1.41. The second-order valence-electron chi connectivity index (χ2n) is 8.20. The summed E-state index contributed by atoms with van der Waals surface area (Å²) in [6, 6.07) is 7.64. The van der Waals surface area contributed by atoms with E-state index in [0.717, 1.165) is 24.2 Å². The van der Waals surface area contributed by atoms with Crippen molar-refractivity contribution in [1.29, 1.82) is 0 Å². The molecule has 1 aromatic carbocycles. The van der Waals surface area contributed by atoms with Gasteiger partial charge in [0, 0.05) is 35.9 Å². The normalized spacial score (nSPS) is 30.5. The van der Waals surface area contributed by atoms with Crippen molar-refractivity contribution in [3.8, 4) is 0 Å². The maximum atomic E-state index is 11.7. The summed E-state index contributed by atoms with van der Waals surface area (Å²) in [4.78, 5) is 2.34. The first-order valence-electron chi connectivity index (χ1n) is 9.70. The van der Waals surface area contributed by atoms with E-state index in [1.807, 2.05) is 36.7 Å². The summed E-state index contributed by atoms with van der Waals surface area (Å²) in [6.45, 7) is 3.64. The first-order valence-corrected chi connectivity index (χ1v) is 11.9. The number of hydrogen-bond acceptors (Lipinski definition) is 5. The summed E-state index contributed by atoms with van der Waals surface area (Å²) in [5, 5.41) is 16.2. The third-order valence-electron chi connectivity index (χ3n) is 6.05.